The number of ether oxygens (including phenoxy) is 3. The van der Waals surface area contributed by atoms with Crippen LogP contribution in [0.25, 0.3) is 0 Å². The Morgan fingerprint density at radius 1 is 1.03 bits per heavy atom. The van der Waals surface area contributed by atoms with E-state index >= 15 is 0 Å². The molecular formula is C22H24N2O7S. The molecule has 2 aromatic carbocycles. The van der Waals surface area contributed by atoms with Gasteiger partial charge in [0, 0.05) is 11.8 Å². The number of urea groups is 1. The van der Waals surface area contributed by atoms with E-state index in [0.717, 1.165) is 5.56 Å². The van der Waals surface area contributed by atoms with E-state index in [1.807, 2.05) is 19.1 Å². The van der Waals surface area contributed by atoms with E-state index in [1.54, 1.807) is 18.2 Å². The van der Waals surface area contributed by atoms with Gasteiger partial charge in [-0.25, -0.2) is 18.0 Å². The van der Waals surface area contributed by atoms with Crippen molar-refractivity contribution in [1.29, 1.82) is 0 Å². The smallest absolute Gasteiger partial charge is 0.338 e. The Morgan fingerprint density at radius 2 is 1.72 bits per heavy atom. The normalized spacial score (nSPS) is 16.1. The Labute approximate surface area is 186 Å². The molecule has 1 aliphatic rings. The molecule has 1 heterocycles. The van der Waals surface area contributed by atoms with Gasteiger partial charge < -0.3 is 24.8 Å². The third kappa shape index (κ3) is 4.70. The number of hydrogen-bond donors (Lipinski definition) is 2. The van der Waals surface area contributed by atoms with Crippen LogP contribution >= 0.6 is 0 Å². The number of hydrogen-bond acceptors (Lipinski definition) is 7. The van der Waals surface area contributed by atoms with Crippen LogP contribution in [-0.2, 0) is 19.4 Å². The standard InChI is InChI=1S/C22H24N2O7S/c1-13-5-7-14(8-6-13)20-19(21(25)31-4)16(23-22(26)24-20)12-32(27,28)18-11-15(29-2)9-10-17(18)30-3/h5-11,20H,12H2,1-4H3,(H2,23,24,26). The monoisotopic (exact) mass is 460 g/mol. The molecule has 2 N–H and O–H groups in total. The SMILES string of the molecule is COC(=O)C1=C(CS(=O)(=O)c2cc(OC)ccc2OC)NC(=O)NC1c1ccc(C)cc1. The molecule has 2 amide bonds. The zero-order chi connectivity index (χ0) is 23.5. The lowest BCUT2D eigenvalue weighted by Crippen LogP contribution is -2.47. The average molecular weight is 461 g/mol. The first kappa shape index (κ1) is 23.1. The number of carbonyl (C=O) groups excluding carboxylic acids is 2. The molecular weight excluding hydrogens is 436 g/mol. The summed E-state index contributed by atoms with van der Waals surface area (Å²) in [6.45, 7) is 1.90. The molecule has 0 saturated heterocycles. The maximum absolute atomic E-state index is 13.3. The molecule has 32 heavy (non-hydrogen) atoms. The van der Waals surface area contributed by atoms with Gasteiger partial charge in [-0.15, -0.1) is 0 Å². The van der Waals surface area contributed by atoms with Gasteiger partial charge in [-0.3, -0.25) is 0 Å². The molecule has 0 spiro atoms. The van der Waals surface area contributed by atoms with Crippen molar-refractivity contribution in [3.05, 3.63) is 64.9 Å². The zero-order valence-corrected chi connectivity index (χ0v) is 18.9. The summed E-state index contributed by atoms with van der Waals surface area (Å²) in [6, 6.07) is 10.0. The highest BCUT2D eigenvalue weighted by molar-refractivity contribution is 7.91. The fourth-order valence-corrected chi connectivity index (χ4v) is 4.90. The van der Waals surface area contributed by atoms with Crippen LogP contribution in [0.5, 0.6) is 11.5 Å². The minimum absolute atomic E-state index is 0.00129. The summed E-state index contributed by atoms with van der Waals surface area (Å²) in [6.07, 6.45) is 0. The third-order valence-electron chi connectivity index (χ3n) is 5.01. The highest BCUT2D eigenvalue weighted by Crippen LogP contribution is 2.33. The van der Waals surface area contributed by atoms with Crippen LogP contribution in [0.4, 0.5) is 4.79 Å². The number of amides is 2. The number of sulfone groups is 1. The van der Waals surface area contributed by atoms with Crippen LogP contribution in [0.15, 0.2) is 58.6 Å². The number of aryl methyl sites for hydroxylation is 1. The second kappa shape index (κ2) is 9.31. The highest BCUT2D eigenvalue weighted by atomic mass is 32.2. The first-order valence-corrected chi connectivity index (χ1v) is 11.3. The van der Waals surface area contributed by atoms with Crippen LogP contribution in [0.1, 0.15) is 17.2 Å². The van der Waals surface area contributed by atoms with Gasteiger partial charge in [0.2, 0.25) is 0 Å². The molecule has 9 nitrogen and oxygen atoms in total. The average Bonchev–Trinajstić information content (AvgIpc) is 2.78. The second-order valence-corrected chi connectivity index (χ2v) is 9.06. The maximum atomic E-state index is 13.3. The lowest BCUT2D eigenvalue weighted by Gasteiger charge is -2.29. The Morgan fingerprint density at radius 3 is 2.31 bits per heavy atom. The topological polar surface area (TPSA) is 120 Å². The van der Waals surface area contributed by atoms with Crippen molar-refractivity contribution < 1.29 is 32.2 Å². The fraction of sp³-hybridized carbons (Fsp3) is 0.273. The Kier molecular flexibility index (Phi) is 6.73. The summed E-state index contributed by atoms with van der Waals surface area (Å²) >= 11 is 0. The predicted octanol–water partition coefficient (Wildman–Crippen LogP) is 2.27. The Bertz CT molecular complexity index is 1170. The van der Waals surface area contributed by atoms with E-state index in [4.69, 9.17) is 14.2 Å². The quantitative estimate of drug-likeness (QED) is 0.608. The Balaban J connectivity index is 2.13. The van der Waals surface area contributed by atoms with Crippen molar-refractivity contribution in [2.45, 2.75) is 17.9 Å². The van der Waals surface area contributed by atoms with Crippen LogP contribution < -0.4 is 20.1 Å². The lowest BCUT2D eigenvalue weighted by atomic mass is 9.95. The molecule has 10 heteroatoms. The largest absolute Gasteiger partial charge is 0.497 e. The van der Waals surface area contributed by atoms with Crippen LogP contribution in [0.3, 0.4) is 0 Å². The molecule has 0 aliphatic carbocycles. The van der Waals surface area contributed by atoms with Crippen LogP contribution in [0, 0.1) is 6.92 Å². The lowest BCUT2D eigenvalue weighted by molar-refractivity contribution is -0.136. The van der Waals surface area contributed by atoms with Gasteiger partial charge in [0.15, 0.2) is 9.84 Å². The van der Waals surface area contributed by atoms with Gasteiger partial charge in [-0.2, -0.15) is 0 Å². The van der Waals surface area contributed by atoms with Crippen molar-refractivity contribution in [3.8, 4) is 11.5 Å². The third-order valence-corrected chi connectivity index (χ3v) is 6.67. The molecule has 1 unspecified atom stereocenters. The molecule has 0 bridgehead atoms. The van der Waals surface area contributed by atoms with Gasteiger partial charge in [-0.05, 0) is 24.6 Å². The predicted molar refractivity (Wildman–Crippen MR) is 116 cm³/mol. The second-order valence-electron chi connectivity index (χ2n) is 7.10. The summed E-state index contributed by atoms with van der Waals surface area (Å²) in [4.78, 5) is 24.9. The first-order chi connectivity index (χ1) is 15.2. The van der Waals surface area contributed by atoms with Gasteiger partial charge in [0.1, 0.15) is 16.4 Å². The van der Waals surface area contributed by atoms with Crippen LogP contribution in [-0.4, -0.2) is 47.5 Å². The van der Waals surface area contributed by atoms with Gasteiger partial charge in [0.25, 0.3) is 0 Å². The van der Waals surface area contributed by atoms with Crippen molar-refractivity contribution in [3.63, 3.8) is 0 Å². The van der Waals surface area contributed by atoms with Gasteiger partial charge in [-0.1, -0.05) is 29.8 Å². The number of rotatable bonds is 7. The number of nitrogens with one attached hydrogen (secondary N) is 2. The summed E-state index contributed by atoms with van der Waals surface area (Å²) < 4.78 is 41.8. The van der Waals surface area contributed by atoms with E-state index in [2.05, 4.69) is 10.6 Å². The molecule has 0 aromatic heterocycles. The molecule has 3 rings (SSSR count). The minimum atomic E-state index is -4.06. The summed E-state index contributed by atoms with van der Waals surface area (Å²) in [5, 5.41) is 5.13. The number of esters is 1. The van der Waals surface area contributed by atoms with E-state index < -0.39 is 33.6 Å². The highest BCUT2D eigenvalue weighted by Gasteiger charge is 2.36. The van der Waals surface area contributed by atoms with E-state index in [1.165, 1.54) is 33.5 Å². The molecule has 2 aromatic rings. The Hall–Kier alpha value is -3.53. The number of benzene rings is 2. The van der Waals surface area contributed by atoms with Crippen molar-refractivity contribution >= 4 is 21.8 Å². The fourth-order valence-electron chi connectivity index (χ4n) is 3.39. The molecule has 0 saturated carbocycles. The van der Waals surface area contributed by atoms with Gasteiger partial charge in [0.05, 0.1) is 38.7 Å². The van der Waals surface area contributed by atoms with Gasteiger partial charge >= 0.3 is 12.0 Å². The maximum Gasteiger partial charge on any atom is 0.338 e. The molecule has 1 atom stereocenters. The summed E-state index contributed by atoms with van der Waals surface area (Å²) in [7, 11) is -0.110. The van der Waals surface area contributed by atoms with E-state index in [-0.39, 0.29) is 21.9 Å². The number of carbonyl (C=O) groups is 2. The molecule has 1 aliphatic heterocycles. The first-order valence-electron chi connectivity index (χ1n) is 9.60. The van der Waals surface area contributed by atoms with Crippen molar-refractivity contribution in [2.75, 3.05) is 27.1 Å². The van der Waals surface area contributed by atoms with Crippen LogP contribution in [0.2, 0.25) is 0 Å². The molecule has 0 fully saturated rings. The van der Waals surface area contributed by atoms with Crippen molar-refractivity contribution in [2.24, 2.45) is 0 Å². The molecule has 0 radical (unpaired) electrons. The molecule has 170 valence electrons. The van der Waals surface area contributed by atoms with E-state index in [9.17, 15) is 18.0 Å². The van der Waals surface area contributed by atoms with Crippen molar-refractivity contribution in [1.82, 2.24) is 10.6 Å². The number of methoxy groups -OCH3 is 3. The summed E-state index contributed by atoms with van der Waals surface area (Å²) in [5.41, 5.74) is 1.53. The minimum Gasteiger partial charge on any atom is -0.497 e. The summed E-state index contributed by atoms with van der Waals surface area (Å²) in [5.74, 6) is -0.984. The van der Waals surface area contributed by atoms with E-state index in [0.29, 0.717) is 11.3 Å². The zero-order valence-electron chi connectivity index (χ0n) is 18.1.